The van der Waals surface area contributed by atoms with Gasteiger partial charge in [0.25, 0.3) is 17.1 Å². The van der Waals surface area contributed by atoms with E-state index >= 15 is 4.39 Å². The van der Waals surface area contributed by atoms with Gasteiger partial charge < -0.3 is 46.5 Å². The summed E-state index contributed by atoms with van der Waals surface area (Å²) in [4.78, 5) is 70.6. The molecule has 0 amide bonds. The Kier molecular flexibility index (Phi) is 9.84. The number of aliphatic hydroxyl groups excluding tert-OH is 1. The number of fused-ring (bicyclic) bond motifs is 2. The van der Waals surface area contributed by atoms with Gasteiger partial charge in [-0.1, -0.05) is 4.98 Å². The Bertz CT molecular complexity index is 2250. The summed E-state index contributed by atoms with van der Waals surface area (Å²) in [5.74, 6) is -0.505. The Morgan fingerprint density at radius 2 is 1.61 bits per heavy atom. The molecule has 0 aromatic carbocycles. The van der Waals surface area contributed by atoms with Crippen LogP contribution in [0.1, 0.15) is 18.9 Å². The van der Waals surface area contributed by atoms with Crippen LogP contribution in [0.4, 0.5) is 16.3 Å². The Labute approximate surface area is 281 Å². The number of aromatic amines is 2. The molecule has 51 heavy (non-hydrogen) atoms. The summed E-state index contributed by atoms with van der Waals surface area (Å²) in [6.45, 7) is -1.93. The molecule has 0 radical (unpaired) electrons. The van der Waals surface area contributed by atoms with Crippen LogP contribution in [0.5, 0.6) is 0 Å². The second-order valence-electron chi connectivity index (χ2n) is 11.2. The lowest BCUT2D eigenvalue weighted by Gasteiger charge is -2.21. The highest BCUT2D eigenvalue weighted by Crippen LogP contribution is 2.67. The zero-order valence-corrected chi connectivity index (χ0v) is 28.4. The van der Waals surface area contributed by atoms with E-state index < -0.39 is 90.8 Å². The van der Waals surface area contributed by atoms with Gasteiger partial charge in [0.1, 0.15) is 18.3 Å². The highest BCUT2D eigenvalue weighted by molar-refractivity contribution is 7.66. The van der Waals surface area contributed by atoms with E-state index in [2.05, 4.69) is 38.1 Å². The summed E-state index contributed by atoms with van der Waals surface area (Å²) >= 11 is 0. The van der Waals surface area contributed by atoms with Crippen molar-refractivity contribution in [1.29, 1.82) is 0 Å². The first-order valence-electron chi connectivity index (χ1n) is 14.3. The molecule has 2 fully saturated rings. The van der Waals surface area contributed by atoms with E-state index in [1.807, 2.05) is 0 Å². The number of nitrogens with one attached hydrogen (secondary N) is 2. The molecule has 3 unspecified atom stereocenters. The number of hydrogen-bond acceptors (Lipinski definition) is 18. The van der Waals surface area contributed by atoms with Crippen molar-refractivity contribution in [2.45, 2.75) is 49.4 Å². The lowest BCUT2D eigenvalue weighted by molar-refractivity contribution is -0.739. The number of nitrogens with zero attached hydrogens (tertiary/aromatic N) is 6. The number of nitrogens with two attached hydrogens (primary N) is 3. The van der Waals surface area contributed by atoms with Crippen LogP contribution >= 0.6 is 23.5 Å². The summed E-state index contributed by atoms with van der Waals surface area (Å²) in [7, 11) is -15.6. The fourth-order valence-corrected chi connectivity index (χ4v) is 8.94. The van der Waals surface area contributed by atoms with E-state index in [-0.39, 0.29) is 40.6 Å². The van der Waals surface area contributed by atoms with Gasteiger partial charge in [-0.3, -0.25) is 37.7 Å². The Morgan fingerprint density at radius 3 is 2.27 bits per heavy atom. The third-order valence-corrected chi connectivity index (χ3v) is 11.9. The molecule has 6 rings (SSSR count). The summed E-state index contributed by atoms with van der Waals surface area (Å²) < 4.78 is 84.8. The second kappa shape index (κ2) is 13.5. The molecule has 2 aliphatic heterocycles. The van der Waals surface area contributed by atoms with E-state index in [0.717, 1.165) is 10.9 Å². The van der Waals surface area contributed by atoms with Gasteiger partial charge in [0.05, 0.1) is 26.6 Å². The SMILES string of the molecule is Cn1c[n+]([C@H]2C[C@H](N)[C@@H](COP(=O)(O)OP(=O)(O)OP(=O)(O)OC[C@H]3O[C@@H](n4cnc5c(=O)[nH]c(N)nc54)[C@H](F)[C@@H]3O)O2)c2nc(N)[nH]c(=O)c21. The first-order chi connectivity index (χ1) is 23.7. The third kappa shape index (κ3) is 7.67. The van der Waals surface area contributed by atoms with Gasteiger partial charge in [-0.2, -0.15) is 13.6 Å². The molecule has 0 aliphatic carbocycles. The number of hydrogen-bond donors (Lipinski definition) is 9. The molecule has 2 aliphatic rings. The zero-order valence-electron chi connectivity index (χ0n) is 25.7. The van der Waals surface area contributed by atoms with Crippen LogP contribution < -0.4 is 32.9 Å². The van der Waals surface area contributed by atoms with Crippen LogP contribution in [0, 0.1) is 0 Å². The van der Waals surface area contributed by atoms with Crippen molar-refractivity contribution in [2.75, 3.05) is 24.7 Å². The van der Waals surface area contributed by atoms with Crippen LogP contribution in [0.25, 0.3) is 22.3 Å². The quantitative estimate of drug-likeness (QED) is 0.0526. The number of phosphoric acid groups is 3. The number of phosphoric ester groups is 2. The van der Waals surface area contributed by atoms with Crippen LogP contribution in [0.3, 0.4) is 0 Å². The van der Waals surface area contributed by atoms with Gasteiger partial charge in [0.15, 0.2) is 36.1 Å². The molecule has 0 bridgehead atoms. The number of aromatic nitrogens is 8. The fraction of sp³-hybridized carbons (Fsp3) is 0.524. The van der Waals surface area contributed by atoms with E-state index in [9.17, 15) is 43.1 Å². The van der Waals surface area contributed by atoms with Crippen LogP contribution in [-0.2, 0) is 47.9 Å². The van der Waals surface area contributed by atoms with Crippen LogP contribution in [-0.4, -0.2) is 97.6 Å². The number of H-pyrrole nitrogens is 2. The van der Waals surface area contributed by atoms with Crippen molar-refractivity contribution in [3.05, 3.63) is 33.4 Å². The van der Waals surface area contributed by atoms with Gasteiger partial charge in [0.2, 0.25) is 11.5 Å². The lowest BCUT2D eigenvalue weighted by Crippen LogP contribution is -2.39. The predicted molar refractivity (Wildman–Crippen MR) is 163 cm³/mol. The molecule has 280 valence electrons. The van der Waals surface area contributed by atoms with E-state index in [1.54, 1.807) is 7.05 Å². The lowest BCUT2D eigenvalue weighted by atomic mass is 10.1. The average Bonchev–Trinajstić information content (AvgIpc) is 3.74. The summed E-state index contributed by atoms with van der Waals surface area (Å²) in [6, 6.07) is -0.846. The second-order valence-corrected chi connectivity index (χ2v) is 15.9. The Morgan fingerprint density at radius 1 is 1.00 bits per heavy atom. The van der Waals surface area contributed by atoms with Crippen LogP contribution in [0.15, 0.2) is 22.2 Å². The van der Waals surface area contributed by atoms with Crippen LogP contribution in [0.2, 0.25) is 0 Å². The van der Waals surface area contributed by atoms with Crippen molar-refractivity contribution in [3.63, 3.8) is 0 Å². The number of aryl methyl sites for hydroxylation is 1. The van der Waals surface area contributed by atoms with E-state index in [1.165, 1.54) is 15.5 Å². The van der Waals surface area contributed by atoms with E-state index in [0.29, 0.717) is 0 Å². The third-order valence-electron chi connectivity index (χ3n) is 7.62. The minimum absolute atomic E-state index is 0.0863. The van der Waals surface area contributed by atoms with Gasteiger partial charge in [0, 0.05) is 12.5 Å². The molecule has 4 aromatic rings. The van der Waals surface area contributed by atoms with E-state index in [4.69, 9.17) is 31.2 Å². The maximum atomic E-state index is 15.0. The van der Waals surface area contributed by atoms with Gasteiger partial charge >= 0.3 is 29.1 Å². The van der Waals surface area contributed by atoms with Crippen molar-refractivity contribution in [2.24, 2.45) is 12.8 Å². The maximum Gasteiger partial charge on any atom is 0.490 e. The molecule has 0 saturated carbocycles. The zero-order chi connectivity index (χ0) is 37.2. The highest BCUT2D eigenvalue weighted by Gasteiger charge is 2.49. The number of alkyl halides is 1. The molecule has 30 heteroatoms. The van der Waals surface area contributed by atoms with Gasteiger partial charge in [-0.15, -0.1) is 0 Å². The standard InChI is InChI=1S/C21H29FN11O15P3/c1-31-6-33(16-13(31)18(36)30-21(25)28-16)10-2-7(23)8(45-10)3-43-49(37,38)47-51(41,42)48-50(39,40)44-4-9-14(34)11(22)19(46-9)32-5-26-12-15(32)27-20(24)29-17(12)35/h5-11,14,19,34H,2-4,23H2,1H3,(H8-,24,25,27,28,29,30,35,36,37,38,39,40,41,42)/p+1/t7-,8+,9+,10+,11+,14+,19+/m0/s1. The molecule has 6 heterocycles. The van der Waals surface area contributed by atoms with Gasteiger partial charge in [-0.05, 0) is 0 Å². The number of aliphatic hydroxyl groups is 1. The summed E-state index contributed by atoms with van der Waals surface area (Å²) in [5.41, 5.74) is 15.8. The summed E-state index contributed by atoms with van der Waals surface area (Å²) in [6.07, 6.45) is -7.10. The molecule has 4 aromatic heterocycles. The molecule has 2 saturated heterocycles. The molecule has 12 N–H and O–H groups in total. The maximum absolute atomic E-state index is 15.0. The number of ether oxygens (including phenoxy) is 2. The number of anilines is 2. The smallest absolute Gasteiger partial charge is 0.387 e. The number of imidazole rings is 2. The monoisotopic (exact) mass is 788 g/mol. The Hall–Kier alpha value is -3.52. The molecular weight excluding hydrogens is 758 g/mol. The Balaban J connectivity index is 1.03. The first kappa shape index (κ1) is 37.2. The minimum Gasteiger partial charge on any atom is -0.387 e. The first-order valence-corrected chi connectivity index (χ1v) is 18.8. The molecule has 0 spiro atoms. The molecule has 10 atom stereocenters. The topological polar surface area (TPSA) is 384 Å². The van der Waals surface area contributed by atoms with Crippen molar-refractivity contribution >= 4 is 57.7 Å². The normalized spacial score (nSPS) is 29.0. The predicted octanol–water partition coefficient (Wildman–Crippen LogP) is -2.57. The average molecular weight is 788 g/mol. The number of nitrogen functional groups attached to an aromatic ring is 2. The minimum atomic E-state index is -5.93. The van der Waals surface area contributed by atoms with Gasteiger partial charge in [-0.25, -0.2) is 27.6 Å². The number of halogens is 1. The fourth-order valence-electron chi connectivity index (χ4n) is 5.42. The molecular formula is C21H30FN11O15P3+. The van der Waals surface area contributed by atoms with Crippen molar-refractivity contribution < 1.29 is 69.6 Å². The highest BCUT2D eigenvalue weighted by atomic mass is 31.3. The molecule has 26 nitrogen and oxygen atoms in total. The summed E-state index contributed by atoms with van der Waals surface area (Å²) in [5, 5.41) is 10.3. The number of rotatable bonds is 12. The van der Waals surface area contributed by atoms with Crippen molar-refractivity contribution in [1.82, 2.24) is 34.1 Å². The van der Waals surface area contributed by atoms with Crippen molar-refractivity contribution in [3.8, 4) is 0 Å². The largest absolute Gasteiger partial charge is 0.490 e.